The van der Waals surface area contributed by atoms with E-state index in [0.29, 0.717) is 29.7 Å². The van der Waals surface area contributed by atoms with Crippen molar-refractivity contribution in [3.8, 4) is 0 Å². The van der Waals surface area contributed by atoms with E-state index in [-0.39, 0.29) is 35.8 Å². The van der Waals surface area contributed by atoms with Crippen LogP contribution >= 0.6 is 0 Å². The van der Waals surface area contributed by atoms with Crippen LogP contribution in [0.25, 0.3) is 11.0 Å². The van der Waals surface area contributed by atoms with Gasteiger partial charge in [-0.2, -0.15) is 0 Å². The van der Waals surface area contributed by atoms with Crippen molar-refractivity contribution in [2.75, 3.05) is 26.5 Å². The molecule has 12 heteroatoms. The molecule has 0 saturated heterocycles. The number of amides is 3. The Kier molecular flexibility index (Phi) is 10.0. The fourth-order valence-electron chi connectivity index (χ4n) is 4.19. The van der Waals surface area contributed by atoms with Crippen molar-refractivity contribution in [3.05, 3.63) is 70.2 Å². The number of likely N-dealkylation sites (N-methyl/N-ethyl adjacent to an activating group) is 1. The molecule has 3 aromatic rings. The minimum atomic E-state index is -1.03. The van der Waals surface area contributed by atoms with Crippen molar-refractivity contribution < 1.29 is 23.5 Å². The molecule has 3 amide bonds. The van der Waals surface area contributed by atoms with E-state index in [2.05, 4.69) is 46.1 Å². The average molecular weight is 569 g/mol. The fourth-order valence-corrected chi connectivity index (χ4v) is 4.19. The number of aromatic nitrogens is 3. The number of anilines is 1. The Bertz CT molecular complexity index is 1500. The normalized spacial score (nSPS) is 12.4. The Balaban J connectivity index is 1.79. The standard InChI is InChI=1S/C29H37FN6O5/c1-29(2,3)16-18-14-19(30)15-22-25(18)34-23(31-22)17-36-13-9-11-21(27(36)39)32-26(38)20(33-28(40)41-6)10-7-8-12-24(37)35(4)5/h8-9,11-15,20H,7,10,16-17H2,1-6H3,(H,31,34)(H,32,38)(H,33,40)/b12-8+. The van der Waals surface area contributed by atoms with Gasteiger partial charge in [-0.15, -0.1) is 0 Å². The lowest BCUT2D eigenvalue weighted by Gasteiger charge is -2.18. The number of benzene rings is 1. The van der Waals surface area contributed by atoms with Crippen molar-refractivity contribution >= 4 is 34.6 Å². The van der Waals surface area contributed by atoms with Gasteiger partial charge in [0.15, 0.2) is 0 Å². The smallest absolute Gasteiger partial charge is 0.407 e. The first-order valence-corrected chi connectivity index (χ1v) is 13.2. The molecule has 1 unspecified atom stereocenters. The van der Waals surface area contributed by atoms with Gasteiger partial charge in [-0.25, -0.2) is 14.2 Å². The number of imidazole rings is 1. The SMILES string of the molecule is COC(=O)NC(CC/C=C/C(=O)N(C)C)C(=O)Nc1cccn(Cc2nc3c(CC(C)(C)C)cc(F)cc3[nH]2)c1=O. The molecule has 0 bridgehead atoms. The van der Waals surface area contributed by atoms with E-state index >= 15 is 0 Å². The number of carbonyl (C=O) groups excluding carboxylic acids is 3. The number of hydrogen-bond donors (Lipinski definition) is 3. The number of nitrogens with zero attached hydrogens (tertiary/aromatic N) is 3. The second-order valence-corrected chi connectivity index (χ2v) is 11.1. The molecule has 3 rings (SSSR count). The summed E-state index contributed by atoms with van der Waals surface area (Å²) in [5.74, 6) is -0.750. The lowest BCUT2D eigenvalue weighted by Crippen LogP contribution is -2.44. The number of allylic oxidation sites excluding steroid dienone is 1. The molecule has 1 aromatic carbocycles. The molecular formula is C29H37FN6O5. The molecule has 0 spiro atoms. The zero-order valence-corrected chi connectivity index (χ0v) is 24.2. The van der Waals surface area contributed by atoms with Crippen LogP contribution in [0.2, 0.25) is 0 Å². The topological polar surface area (TPSA) is 138 Å². The molecule has 11 nitrogen and oxygen atoms in total. The Morgan fingerprint density at radius 1 is 1.24 bits per heavy atom. The molecule has 0 fully saturated rings. The van der Waals surface area contributed by atoms with Gasteiger partial charge in [0, 0.05) is 20.3 Å². The van der Waals surface area contributed by atoms with Gasteiger partial charge in [-0.1, -0.05) is 26.8 Å². The number of carbonyl (C=O) groups is 3. The molecular weight excluding hydrogens is 531 g/mol. The monoisotopic (exact) mass is 568 g/mol. The van der Waals surface area contributed by atoms with E-state index in [0.717, 1.165) is 5.56 Å². The third-order valence-electron chi connectivity index (χ3n) is 6.12. The zero-order valence-electron chi connectivity index (χ0n) is 24.2. The Morgan fingerprint density at radius 3 is 2.63 bits per heavy atom. The van der Waals surface area contributed by atoms with Crippen LogP contribution in [0.1, 0.15) is 45.0 Å². The van der Waals surface area contributed by atoms with E-state index < -0.39 is 23.6 Å². The summed E-state index contributed by atoms with van der Waals surface area (Å²) in [5, 5.41) is 5.04. The van der Waals surface area contributed by atoms with Gasteiger partial charge in [0.2, 0.25) is 11.8 Å². The number of hydrogen-bond acceptors (Lipinski definition) is 6. The maximum Gasteiger partial charge on any atom is 0.407 e. The van der Waals surface area contributed by atoms with Crippen LogP contribution in [-0.2, 0) is 27.3 Å². The highest BCUT2D eigenvalue weighted by Gasteiger charge is 2.22. The molecule has 0 saturated carbocycles. The van der Waals surface area contributed by atoms with E-state index in [1.54, 1.807) is 32.4 Å². The molecule has 0 radical (unpaired) electrons. The molecule has 1 atom stereocenters. The minimum absolute atomic E-state index is 0.00284. The average Bonchev–Trinajstić information content (AvgIpc) is 3.29. The number of nitrogens with one attached hydrogen (secondary N) is 3. The van der Waals surface area contributed by atoms with Crippen LogP contribution in [0.4, 0.5) is 14.9 Å². The molecule has 2 aromatic heterocycles. The number of ether oxygens (including phenoxy) is 1. The van der Waals surface area contributed by atoms with Gasteiger partial charge in [0.25, 0.3) is 5.56 Å². The van der Waals surface area contributed by atoms with Gasteiger partial charge >= 0.3 is 6.09 Å². The maximum absolute atomic E-state index is 14.3. The highest BCUT2D eigenvalue weighted by molar-refractivity contribution is 5.96. The number of alkyl carbamates (subject to hydrolysis) is 1. The summed E-state index contributed by atoms with van der Waals surface area (Å²) < 4.78 is 20.3. The van der Waals surface area contributed by atoms with Crippen LogP contribution in [-0.4, -0.2) is 64.6 Å². The number of methoxy groups -OCH3 is 1. The molecule has 0 aliphatic heterocycles. The second-order valence-electron chi connectivity index (χ2n) is 11.1. The van der Waals surface area contributed by atoms with Gasteiger partial charge in [-0.05, 0) is 60.6 Å². The van der Waals surface area contributed by atoms with Crippen LogP contribution in [0, 0.1) is 11.2 Å². The van der Waals surface area contributed by atoms with E-state index in [1.165, 1.54) is 40.9 Å². The number of rotatable bonds is 10. The summed E-state index contributed by atoms with van der Waals surface area (Å²) in [6.07, 6.45) is 4.81. The third-order valence-corrected chi connectivity index (χ3v) is 6.12. The summed E-state index contributed by atoms with van der Waals surface area (Å²) in [4.78, 5) is 59.0. The highest BCUT2D eigenvalue weighted by Crippen LogP contribution is 2.27. The molecule has 3 N–H and O–H groups in total. The number of pyridine rings is 1. The lowest BCUT2D eigenvalue weighted by molar-refractivity contribution is -0.123. The minimum Gasteiger partial charge on any atom is -0.453 e. The number of fused-ring (bicyclic) bond motifs is 1. The van der Waals surface area contributed by atoms with Crippen molar-refractivity contribution in [3.63, 3.8) is 0 Å². The van der Waals surface area contributed by atoms with Gasteiger partial charge < -0.3 is 29.8 Å². The Hall–Kier alpha value is -4.48. The number of aromatic amines is 1. The van der Waals surface area contributed by atoms with Crippen molar-refractivity contribution in [2.45, 2.75) is 52.6 Å². The Labute approximate surface area is 237 Å². The summed E-state index contributed by atoms with van der Waals surface area (Å²) >= 11 is 0. The first kappa shape index (κ1) is 31.1. The van der Waals surface area contributed by atoms with Gasteiger partial charge in [-0.3, -0.25) is 14.4 Å². The van der Waals surface area contributed by atoms with Crippen LogP contribution in [0.3, 0.4) is 0 Å². The number of H-pyrrole nitrogens is 1. The van der Waals surface area contributed by atoms with Crippen molar-refractivity contribution in [1.29, 1.82) is 0 Å². The highest BCUT2D eigenvalue weighted by atomic mass is 19.1. The van der Waals surface area contributed by atoms with Crippen molar-refractivity contribution in [2.24, 2.45) is 5.41 Å². The molecule has 41 heavy (non-hydrogen) atoms. The summed E-state index contributed by atoms with van der Waals surface area (Å²) in [6, 6.07) is 4.88. The fraction of sp³-hybridized carbons (Fsp3) is 0.414. The summed E-state index contributed by atoms with van der Waals surface area (Å²) in [7, 11) is 4.41. The predicted molar refractivity (Wildman–Crippen MR) is 154 cm³/mol. The lowest BCUT2D eigenvalue weighted by atomic mass is 9.87. The molecule has 0 aliphatic rings. The zero-order chi connectivity index (χ0) is 30.3. The van der Waals surface area contributed by atoms with Crippen molar-refractivity contribution in [1.82, 2.24) is 24.8 Å². The largest absolute Gasteiger partial charge is 0.453 e. The predicted octanol–water partition coefficient (Wildman–Crippen LogP) is 3.59. The molecule has 220 valence electrons. The van der Waals surface area contributed by atoms with E-state index in [9.17, 15) is 23.6 Å². The second kappa shape index (κ2) is 13.2. The van der Waals surface area contributed by atoms with Crippen LogP contribution < -0.4 is 16.2 Å². The van der Waals surface area contributed by atoms with Gasteiger partial charge in [0.05, 0.1) is 24.7 Å². The van der Waals surface area contributed by atoms with E-state index in [1.807, 2.05) is 0 Å². The van der Waals surface area contributed by atoms with E-state index in [4.69, 9.17) is 0 Å². The summed E-state index contributed by atoms with van der Waals surface area (Å²) in [6.45, 7) is 6.24. The summed E-state index contributed by atoms with van der Waals surface area (Å²) in [5.41, 5.74) is 1.39. The third kappa shape index (κ3) is 8.75. The first-order chi connectivity index (χ1) is 19.3. The van der Waals surface area contributed by atoms with Crippen LogP contribution in [0.5, 0.6) is 0 Å². The Morgan fingerprint density at radius 2 is 1.98 bits per heavy atom. The van der Waals surface area contributed by atoms with Crippen LogP contribution in [0.15, 0.2) is 47.4 Å². The first-order valence-electron chi connectivity index (χ1n) is 13.2. The van der Waals surface area contributed by atoms with Gasteiger partial charge in [0.1, 0.15) is 23.4 Å². The molecule has 2 heterocycles. The maximum atomic E-state index is 14.3. The number of halogens is 1. The quantitative estimate of drug-likeness (QED) is 0.320. The molecule has 0 aliphatic carbocycles.